The Morgan fingerprint density at radius 1 is 1.04 bits per heavy atom. The average Bonchev–Trinajstić information content (AvgIpc) is 2.59. The molecule has 0 bridgehead atoms. The first-order chi connectivity index (χ1) is 11.6. The minimum atomic E-state index is -0.474. The van der Waals surface area contributed by atoms with E-state index in [2.05, 4.69) is 59.2 Å². The molecule has 2 aromatic rings. The van der Waals surface area contributed by atoms with Crippen LogP contribution in [0.25, 0.3) is 0 Å². The molecule has 0 fully saturated rings. The fraction of sp³-hybridized carbons (Fsp3) is 0.316. The topological polar surface area (TPSA) is 53.6 Å². The maximum absolute atomic E-state index is 11.2. The first kappa shape index (κ1) is 17.7. The molecule has 0 heterocycles. The summed E-state index contributed by atoms with van der Waals surface area (Å²) in [6, 6.07) is 13.9. The molecule has 128 valence electrons. The highest BCUT2D eigenvalue weighted by atomic mass is 16.5. The van der Waals surface area contributed by atoms with Crippen molar-refractivity contribution in [3.63, 3.8) is 0 Å². The molecule has 0 spiro atoms. The molecule has 24 heavy (non-hydrogen) atoms. The van der Waals surface area contributed by atoms with Gasteiger partial charge in [-0.2, -0.15) is 0 Å². The fourth-order valence-electron chi connectivity index (χ4n) is 2.53. The zero-order valence-electron chi connectivity index (χ0n) is 14.7. The highest BCUT2D eigenvalue weighted by Gasteiger charge is 2.06. The van der Waals surface area contributed by atoms with E-state index < -0.39 is 6.09 Å². The molecule has 0 atom stereocenters. The highest BCUT2D eigenvalue weighted by Crippen LogP contribution is 2.26. The van der Waals surface area contributed by atoms with Crippen molar-refractivity contribution >= 4 is 28.8 Å². The molecule has 0 saturated carbocycles. The van der Waals surface area contributed by atoms with Gasteiger partial charge in [-0.15, -0.1) is 0 Å². The Balaban J connectivity index is 2.09. The fourth-order valence-corrected chi connectivity index (χ4v) is 2.53. The molecule has 0 aliphatic heterocycles. The van der Waals surface area contributed by atoms with Crippen LogP contribution in [0.5, 0.6) is 0 Å². The minimum absolute atomic E-state index is 0.474. The van der Waals surface area contributed by atoms with E-state index in [1.54, 1.807) is 0 Å². The van der Waals surface area contributed by atoms with E-state index in [9.17, 15) is 4.79 Å². The zero-order chi connectivity index (χ0) is 17.5. The number of aryl methyl sites for hydroxylation is 1. The third-order valence-corrected chi connectivity index (χ3v) is 3.93. The molecule has 2 N–H and O–H groups in total. The van der Waals surface area contributed by atoms with Crippen molar-refractivity contribution in [2.24, 2.45) is 0 Å². The van der Waals surface area contributed by atoms with E-state index >= 15 is 0 Å². The lowest BCUT2D eigenvalue weighted by Gasteiger charge is -2.22. The maximum Gasteiger partial charge on any atom is 0.411 e. The predicted molar refractivity (Wildman–Crippen MR) is 100 cm³/mol. The number of hydrogen-bond donors (Lipinski definition) is 2. The summed E-state index contributed by atoms with van der Waals surface area (Å²) in [7, 11) is 1.34. The lowest BCUT2D eigenvalue weighted by atomic mass is 10.1. The van der Waals surface area contributed by atoms with Gasteiger partial charge in [-0.3, -0.25) is 5.32 Å². The summed E-state index contributed by atoms with van der Waals surface area (Å²) in [5, 5.41) is 6.04. The minimum Gasteiger partial charge on any atom is -0.453 e. The van der Waals surface area contributed by atoms with Gasteiger partial charge in [0.15, 0.2) is 0 Å². The molecule has 0 unspecified atom stereocenters. The summed E-state index contributed by atoms with van der Waals surface area (Å²) in [4.78, 5) is 13.5. The van der Waals surface area contributed by atoms with Gasteiger partial charge in [0, 0.05) is 35.8 Å². The van der Waals surface area contributed by atoms with E-state index in [0.717, 1.165) is 24.5 Å². The number of benzene rings is 2. The molecule has 0 aliphatic carbocycles. The number of methoxy groups -OCH3 is 1. The van der Waals surface area contributed by atoms with Crippen LogP contribution in [0.3, 0.4) is 0 Å². The normalized spacial score (nSPS) is 10.2. The molecule has 5 heteroatoms. The number of rotatable bonds is 6. The summed E-state index contributed by atoms with van der Waals surface area (Å²) in [5.41, 5.74) is 5.15. The zero-order valence-corrected chi connectivity index (χ0v) is 14.7. The van der Waals surface area contributed by atoms with Gasteiger partial charge in [0.05, 0.1) is 7.11 Å². The van der Waals surface area contributed by atoms with Gasteiger partial charge >= 0.3 is 6.09 Å². The first-order valence-electron chi connectivity index (χ1n) is 8.15. The van der Waals surface area contributed by atoms with E-state index in [4.69, 9.17) is 0 Å². The van der Waals surface area contributed by atoms with E-state index in [0.29, 0.717) is 5.69 Å². The van der Waals surface area contributed by atoms with Gasteiger partial charge in [0.1, 0.15) is 0 Å². The van der Waals surface area contributed by atoms with Crippen LogP contribution in [0, 0.1) is 6.92 Å². The van der Waals surface area contributed by atoms with Crippen LogP contribution in [0.4, 0.5) is 27.5 Å². The molecule has 5 nitrogen and oxygen atoms in total. The third-order valence-electron chi connectivity index (χ3n) is 3.93. The molecule has 2 aromatic carbocycles. The first-order valence-corrected chi connectivity index (χ1v) is 8.15. The van der Waals surface area contributed by atoms with Crippen molar-refractivity contribution in [1.82, 2.24) is 0 Å². The summed E-state index contributed by atoms with van der Waals surface area (Å²) in [6.45, 7) is 8.42. The van der Waals surface area contributed by atoms with Crippen molar-refractivity contribution in [3.8, 4) is 0 Å². The number of carbonyl (C=O) groups excluding carboxylic acids is 1. The molecule has 0 aromatic heterocycles. The second-order valence-electron chi connectivity index (χ2n) is 5.49. The Bertz CT molecular complexity index is 680. The van der Waals surface area contributed by atoms with Gasteiger partial charge in [-0.25, -0.2) is 4.79 Å². The van der Waals surface area contributed by atoms with Crippen LogP contribution in [0.2, 0.25) is 0 Å². The third kappa shape index (κ3) is 4.41. The summed E-state index contributed by atoms with van der Waals surface area (Å²) >= 11 is 0. The number of nitrogens with one attached hydrogen (secondary N) is 2. The molecule has 0 radical (unpaired) electrons. The van der Waals surface area contributed by atoms with E-state index in [1.165, 1.54) is 18.4 Å². The second kappa shape index (κ2) is 8.24. The molecule has 0 saturated heterocycles. The molecule has 1 amide bonds. The van der Waals surface area contributed by atoms with Crippen LogP contribution < -0.4 is 15.5 Å². The molecule has 0 aliphatic rings. The van der Waals surface area contributed by atoms with Gasteiger partial charge in [0.2, 0.25) is 0 Å². The number of hydrogen-bond acceptors (Lipinski definition) is 4. The van der Waals surface area contributed by atoms with Crippen LogP contribution in [0.1, 0.15) is 19.4 Å². The van der Waals surface area contributed by atoms with Crippen molar-refractivity contribution < 1.29 is 9.53 Å². The Hall–Kier alpha value is -2.69. The Labute approximate surface area is 143 Å². The predicted octanol–water partition coefficient (Wildman–Crippen LogP) is 4.76. The van der Waals surface area contributed by atoms with Gasteiger partial charge in [-0.05, 0) is 68.8 Å². The van der Waals surface area contributed by atoms with Crippen molar-refractivity contribution in [2.45, 2.75) is 20.8 Å². The van der Waals surface area contributed by atoms with Crippen LogP contribution in [-0.4, -0.2) is 26.3 Å². The lowest BCUT2D eigenvalue weighted by molar-refractivity contribution is 0.187. The number of carbonyl (C=O) groups is 1. The lowest BCUT2D eigenvalue weighted by Crippen LogP contribution is -2.21. The highest BCUT2D eigenvalue weighted by molar-refractivity contribution is 5.84. The van der Waals surface area contributed by atoms with Crippen molar-refractivity contribution in [3.05, 3.63) is 48.0 Å². The van der Waals surface area contributed by atoms with Gasteiger partial charge in [0.25, 0.3) is 0 Å². The van der Waals surface area contributed by atoms with Gasteiger partial charge < -0.3 is 15.0 Å². The quantitative estimate of drug-likeness (QED) is 0.803. The number of nitrogens with zero attached hydrogens (tertiary/aromatic N) is 1. The SMILES string of the molecule is CCN(CC)c1ccc(Nc2ccc(NC(=O)OC)cc2)c(C)c1. The summed E-state index contributed by atoms with van der Waals surface area (Å²) in [5.74, 6) is 0. The Morgan fingerprint density at radius 2 is 1.67 bits per heavy atom. The average molecular weight is 327 g/mol. The van der Waals surface area contributed by atoms with E-state index in [-0.39, 0.29) is 0 Å². The number of ether oxygens (including phenoxy) is 1. The van der Waals surface area contributed by atoms with Crippen molar-refractivity contribution in [1.29, 1.82) is 0 Å². The summed E-state index contributed by atoms with van der Waals surface area (Å²) < 4.78 is 4.58. The van der Waals surface area contributed by atoms with Crippen molar-refractivity contribution in [2.75, 3.05) is 35.7 Å². The monoisotopic (exact) mass is 327 g/mol. The number of anilines is 4. The maximum atomic E-state index is 11.2. The molecular weight excluding hydrogens is 302 g/mol. The standard InChI is InChI=1S/C19H25N3O2/c1-5-22(6-2)17-11-12-18(14(3)13-17)20-15-7-9-16(10-8-15)21-19(23)24-4/h7-13,20H,5-6H2,1-4H3,(H,21,23). The van der Waals surface area contributed by atoms with Crippen LogP contribution in [0.15, 0.2) is 42.5 Å². The second-order valence-corrected chi connectivity index (χ2v) is 5.49. The van der Waals surface area contributed by atoms with Crippen LogP contribution in [-0.2, 0) is 4.74 Å². The van der Waals surface area contributed by atoms with Crippen LogP contribution >= 0.6 is 0 Å². The molecular formula is C19H25N3O2. The van der Waals surface area contributed by atoms with Gasteiger partial charge in [-0.1, -0.05) is 0 Å². The Morgan fingerprint density at radius 3 is 2.21 bits per heavy atom. The number of amides is 1. The largest absolute Gasteiger partial charge is 0.453 e. The summed E-state index contributed by atoms with van der Waals surface area (Å²) in [6.07, 6.45) is -0.474. The smallest absolute Gasteiger partial charge is 0.411 e. The molecule has 2 rings (SSSR count). The van der Waals surface area contributed by atoms with E-state index in [1.807, 2.05) is 24.3 Å². The Kier molecular flexibility index (Phi) is 6.07.